The molecule has 0 aromatic heterocycles. The van der Waals surface area contributed by atoms with Gasteiger partial charge < -0.3 is 9.64 Å². The molecule has 3 aromatic rings. The number of carbonyl (C=O) groups excluding carboxylic acids is 2. The molecule has 168 valence electrons. The number of aryl methyl sites for hydroxylation is 1. The lowest BCUT2D eigenvalue weighted by atomic mass is 10.0. The SMILES string of the molecule is Cc1ccc(N2C(=O)C(c3ccc(OCC(C)C)cc3)=C(N(C)c3ccccc3)C2=O)cc1. The van der Waals surface area contributed by atoms with E-state index in [0.717, 1.165) is 17.0 Å². The van der Waals surface area contributed by atoms with E-state index in [2.05, 4.69) is 13.8 Å². The minimum absolute atomic E-state index is 0.336. The molecule has 0 fully saturated rings. The first-order chi connectivity index (χ1) is 15.9. The topological polar surface area (TPSA) is 49.9 Å². The van der Waals surface area contributed by atoms with Gasteiger partial charge in [0, 0.05) is 12.7 Å². The Labute approximate surface area is 194 Å². The van der Waals surface area contributed by atoms with Crippen molar-refractivity contribution < 1.29 is 14.3 Å². The van der Waals surface area contributed by atoms with Gasteiger partial charge in [0.05, 0.1) is 17.9 Å². The van der Waals surface area contributed by atoms with Crippen LogP contribution in [-0.2, 0) is 9.59 Å². The highest BCUT2D eigenvalue weighted by Gasteiger charge is 2.42. The number of hydrogen-bond donors (Lipinski definition) is 0. The summed E-state index contributed by atoms with van der Waals surface area (Å²) >= 11 is 0. The third kappa shape index (κ3) is 4.53. The van der Waals surface area contributed by atoms with Crippen LogP contribution in [0.1, 0.15) is 25.0 Å². The number of benzene rings is 3. The van der Waals surface area contributed by atoms with Gasteiger partial charge >= 0.3 is 0 Å². The first-order valence-electron chi connectivity index (χ1n) is 11.1. The smallest absolute Gasteiger partial charge is 0.282 e. The van der Waals surface area contributed by atoms with Crippen molar-refractivity contribution in [2.75, 3.05) is 23.5 Å². The van der Waals surface area contributed by atoms with E-state index in [9.17, 15) is 9.59 Å². The van der Waals surface area contributed by atoms with Gasteiger partial charge in [0.1, 0.15) is 11.4 Å². The molecule has 0 N–H and O–H groups in total. The van der Waals surface area contributed by atoms with Crippen LogP contribution in [0.25, 0.3) is 5.57 Å². The van der Waals surface area contributed by atoms with E-state index in [0.29, 0.717) is 35.0 Å². The Morgan fingerprint density at radius 2 is 1.48 bits per heavy atom. The second-order valence-electron chi connectivity index (χ2n) is 8.63. The molecule has 0 saturated heterocycles. The highest BCUT2D eigenvalue weighted by Crippen LogP contribution is 2.36. The third-order valence-electron chi connectivity index (χ3n) is 5.56. The first kappa shape index (κ1) is 22.3. The number of amides is 2. The predicted octanol–water partition coefficient (Wildman–Crippen LogP) is 5.45. The summed E-state index contributed by atoms with van der Waals surface area (Å²) in [4.78, 5) is 30.3. The highest BCUT2D eigenvalue weighted by atomic mass is 16.5. The van der Waals surface area contributed by atoms with Gasteiger partial charge in [-0.2, -0.15) is 0 Å². The van der Waals surface area contributed by atoms with Gasteiger partial charge in [-0.25, -0.2) is 4.90 Å². The second-order valence-corrected chi connectivity index (χ2v) is 8.63. The maximum absolute atomic E-state index is 13.6. The zero-order valence-corrected chi connectivity index (χ0v) is 19.4. The lowest BCUT2D eigenvalue weighted by Gasteiger charge is -2.21. The maximum Gasteiger partial charge on any atom is 0.282 e. The van der Waals surface area contributed by atoms with Crippen LogP contribution in [0.3, 0.4) is 0 Å². The van der Waals surface area contributed by atoms with E-state index in [4.69, 9.17) is 4.74 Å². The van der Waals surface area contributed by atoms with E-state index in [1.54, 1.807) is 17.0 Å². The lowest BCUT2D eigenvalue weighted by Crippen LogP contribution is -2.34. The summed E-state index contributed by atoms with van der Waals surface area (Å²) in [7, 11) is 1.81. The Morgan fingerprint density at radius 3 is 2.09 bits per heavy atom. The zero-order chi connectivity index (χ0) is 23.5. The molecule has 0 aliphatic carbocycles. The fourth-order valence-corrected chi connectivity index (χ4v) is 3.78. The van der Waals surface area contributed by atoms with Crippen molar-refractivity contribution >= 4 is 28.8 Å². The molecule has 0 radical (unpaired) electrons. The number of rotatable bonds is 7. The quantitative estimate of drug-likeness (QED) is 0.459. The molecule has 1 heterocycles. The van der Waals surface area contributed by atoms with Crippen LogP contribution < -0.4 is 14.5 Å². The van der Waals surface area contributed by atoms with Crippen molar-refractivity contribution in [3.05, 3.63) is 95.7 Å². The van der Waals surface area contributed by atoms with E-state index < -0.39 is 0 Å². The molecule has 0 saturated carbocycles. The van der Waals surface area contributed by atoms with Crippen molar-refractivity contribution in [3.63, 3.8) is 0 Å². The molecule has 2 amide bonds. The fraction of sp³-hybridized carbons (Fsp3) is 0.214. The van der Waals surface area contributed by atoms with Gasteiger partial charge in [-0.15, -0.1) is 0 Å². The summed E-state index contributed by atoms with van der Waals surface area (Å²) in [5, 5.41) is 0. The van der Waals surface area contributed by atoms with Crippen LogP contribution in [0.2, 0.25) is 0 Å². The Kier molecular flexibility index (Phi) is 6.31. The summed E-state index contributed by atoms with van der Waals surface area (Å²) in [6.07, 6.45) is 0. The molecule has 5 heteroatoms. The molecule has 0 spiro atoms. The summed E-state index contributed by atoms with van der Waals surface area (Å²) < 4.78 is 5.79. The average Bonchev–Trinajstić information content (AvgIpc) is 3.08. The summed E-state index contributed by atoms with van der Waals surface area (Å²) in [5.41, 5.74) is 3.85. The lowest BCUT2D eigenvalue weighted by molar-refractivity contribution is -0.120. The van der Waals surface area contributed by atoms with Crippen LogP contribution in [0.15, 0.2) is 84.6 Å². The normalized spacial score (nSPS) is 13.8. The Bertz CT molecular complexity index is 1180. The third-order valence-corrected chi connectivity index (χ3v) is 5.56. The van der Waals surface area contributed by atoms with Crippen molar-refractivity contribution in [2.24, 2.45) is 5.92 Å². The van der Waals surface area contributed by atoms with Gasteiger partial charge in [0.25, 0.3) is 11.8 Å². The molecule has 4 rings (SSSR count). The maximum atomic E-state index is 13.6. The Hall–Kier alpha value is -3.86. The zero-order valence-electron chi connectivity index (χ0n) is 19.4. The first-order valence-corrected chi connectivity index (χ1v) is 11.1. The van der Waals surface area contributed by atoms with Crippen LogP contribution in [0.5, 0.6) is 5.75 Å². The van der Waals surface area contributed by atoms with Crippen LogP contribution >= 0.6 is 0 Å². The van der Waals surface area contributed by atoms with E-state index in [1.165, 1.54) is 4.90 Å². The van der Waals surface area contributed by atoms with Gasteiger partial charge in [0.2, 0.25) is 0 Å². The highest BCUT2D eigenvalue weighted by molar-refractivity contribution is 6.46. The van der Waals surface area contributed by atoms with Gasteiger partial charge in [0.15, 0.2) is 0 Å². The number of anilines is 2. The van der Waals surface area contributed by atoms with Crippen LogP contribution in [-0.4, -0.2) is 25.5 Å². The van der Waals surface area contributed by atoms with Crippen molar-refractivity contribution in [2.45, 2.75) is 20.8 Å². The number of ether oxygens (including phenoxy) is 1. The number of imide groups is 1. The molecule has 1 aliphatic heterocycles. The monoisotopic (exact) mass is 440 g/mol. The number of para-hydroxylation sites is 1. The summed E-state index contributed by atoms with van der Waals surface area (Å²) in [6, 6.07) is 24.3. The molecular weight excluding hydrogens is 412 g/mol. The molecule has 33 heavy (non-hydrogen) atoms. The minimum atomic E-state index is -0.342. The molecule has 0 unspecified atom stereocenters. The Morgan fingerprint density at radius 1 is 0.848 bits per heavy atom. The number of carbonyl (C=O) groups is 2. The second kappa shape index (κ2) is 9.33. The van der Waals surface area contributed by atoms with Gasteiger partial charge in [-0.1, -0.05) is 61.9 Å². The molecule has 1 aliphatic rings. The molecular formula is C28H28N2O3. The number of hydrogen-bond acceptors (Lipinski definition) is 4. The Balaban J connectivity index is 1.77. The molecule has 0 bridgehead atoms. The van der Waals surface area contributed by atoms with E-state index in [1.807, 2.05) is 80.7 Å². The van der Waals surface area contributed by atoms with Crippen molar-refractivity contribution in [1.29, 1.82) is 0 Å². The molecule has 5 nitrogen and oxygen atoms in total. The number of nitrogens with zero attached hydrogens (tertiary/aromatic N) is 2. The largest absolute Gasteiger partial charge is 0.493 e. The number of likely N-dealkylation sites (N-methyl/N-ethyl adjacent to an activating group) is 1. The fourth-order valence-electron chi connectivity index (χ4n) is 3.78. The molecule has 3 aromatic carbocycles. The summed E-state index contributed by atoms with van der Waals surface area (Å²) in [6.45, 7) is 6.77. The standard InChI is InChI=1S/C28H28N2O3/c1-19(2)18-33-24-16-12-21(13-17-24)25-26(29(4)22-8-6-5-7-9-22)28(32)30(27(25)31)23-14-10-20(3)11-15-23/h5-17,19H,18H2,1-4H3. The van der Waals surface area contributed by atoms with Crippen molar-refractivity contribution in [1.82, 2.24) is 0 Å². The van der Waals surface area contributed by atoms with Crippen molar-refractivity contribution in [3.8, 4) is 5.75 Å². The van der Waals surface area contributed by atoms with Crippen LogP contribution in [0.4, 0.5) is 11.4 Å². The van der Waals surface area contributed by atoms with E-state index in [-0.39, 0.29) is 11.8 Å². The minimum Gasteiger partial charge on any atom is -0.493 e. The van der Waals surface area contributed by atoms with E-state index >= 15 is 0 Å². The average molecular weight is 441 g/mol. The van der Waals surface area contributed by atoms with Gasteiger partial charge in [-0.05, 0) is 54.8 Å². The predicted molar refractivity (Wildman–Crippen MR) is 132 cm³/mol. The van der Waals surface area contributed by atoms with Gasteiger partial charge in [-0.3, -0.25) is 9.59 Å². The molecule has 0 atom stereocenters. The van der Waals surface area contributed by atoms with Crippen LogP contribution in [0, 0.1) is 12.8 Å². The summed E-state index contributed by atoms with van der Waals surface area (Å²) in [5.74, 6) is 0.469.